The van der Waals surface area contributed by atoms with Gasteiger partial charge in [0.2, 0.25) is 28.8 Å². The number of furan rings is 3. The van der Waals surface area contributed by atoms with Crippen LogP contribution < -0.4 is 0 Å². The van der Waals surface area contributed by atoms with Crippen LogP contribution in [0, 0.1) is 0 Å². The van der Waals surface area contributed by atoms with Crippen LogP contribution in [0.4, 0.5) is 0 Å². The van der Waals surface area contributed by atoms with Crippen molar-refractivity contribution in [3.05, 3.63) is 71.0 Å². The predicted octanol–water partition coefficient (Wildman–Crippen LogP) is 3.00. The van der Waals surface area contributed by atoms with Gasteiger partial charge in [0, 0.05) is 12.8 Å². The Morgan fingerprint density at radius 3 is 1.45 bits per heavy atom. The molecule has 0 aliphatic carbocycles. The van der Waals surface area contributed by atoms with Gasteiger partial charge in [-0.2, -0.15) is 0 Å². The van der Waals surface area contributed by atoms with Crippen molar-refractivity contribution >= 4 is 29.8 Å². The Bertz CT molecular complexity index is 1310. The lowest BCUT2D eigenvalue weighted by atomic mass is 10.4. The third-order valence-corrected chi connectivity index (χ3v) is 4.73. The highest BCUT2D eigenvalue weighted by Crippen LogP contribution is 2.12. The molecule has 3 aromatic heterocycles. The molecule has 3 aromatic rings. The van der Waals surface area contributed by atoms with Crippen molar-refractivity contribution < 1.29 is 71.1 Å². The molecule has 0 aliphatic heterocycles. The van der Waals surface area contributed by atoms with Crippen LogP contribution in [0.1, 0.15) is 71.4 Å². The molecule has 0 aliphatic rings. The molecule has 15 heteroatoms. The van der Waals surface area contributed by atoms with Gasteiger partial charge in [-0.05, 0) is 36.4 Å². The summed E-state index contributed by atoms with van der Waals surface area (Å²) in [6, 6.07) is 7.58. The molecule has 0 saturated carbocycles. The minimum absolute atomic E-state index is 0.00775. The first-order valence-electron chi connectivity index (χ1n) is 11.7. The van der Waals surface area contributed by atoms with Gasteiger partial charge in [0.05, 0.1) is 26.4 Å². The van der Waals surface area contributed by atoms with E-state index in [9.17, 15) is 24.0 Å². The van der Waals surface area contributed by atoms with E-state index in [0.717, 1.165) is 6.07 Å². The van der Waals surface area contributed by atoms with Gasteiger partial charge in [-0.25, -0.2) is 24.0 Å². The molecule has 2 N–H and O–H groups in total. The fraction of sp³-hybridized carbons (Fsp3) is 0.320. The lowest BCUT2D eigenvalue weighted by molar-refractivity contribution is -0.0685. The number of esters is 3. The van der Waals surface area contributed by atoms with Gasteiger partial charge in [-0.3, -0.25) is 0 Å². The van der Waals surface area contributed by atoms with Gasteiger partial charge >= 0.3 is 29.8 Å². The number of carbonyl (C=O) groups is 5. The molecule has 0 atom stereocenters. The second-order valence-electron chi connectivity index (χ2n) is 7.69. The van der Waals surface area contributed by atoms with Crippen LogP contribution in [0.15, 0.2) is 49.6 Å². The zero-order valence-corrected chi connectivity index (χ0v) is 20.8. The number of hydrogen-bond donors (Lipinski definition) is 2. The molecule has 0 bridgehead atoms. The normalized spacial score (nSPS) is 10.7. The van der Waals surface area contributed by atoms with Gasteiger partial charge in [-0.1, -0.05) is 0 Å². The van der Waals surface area contributed by atoms with Gasteiger partial charge in [0.15, 0.2) is 0 Å². The number of hydrogen-bond acceptors (Lipinski definition) is 13. The summed E-state index contributed by atoms with van der Waals surface area (Å²) in [6.07, 6.45) is 0.487. The predicted molar refractivity (Wildman–Crippen MR) is 126 cm³/mol. The monoisotopic (exact) mass is 564 g/mol. The maximum atomic E-state index is 12.1. The summed E-state index contributed by atoms with van der Waals surface area (Å²) >= 11 is 0. The summed E-state index contributed by atoms with van der Waals surface area (Å²) in [7, 11) is 0. The van der Waals surface area contributed by atoms with Gasteiger partial charge < -0.3 is 47.1 Å². The van der Waals surface area contributed by atoms with Crippen LogP contribution in [0.5, 0.6) is 0 Å². The number of carbonyl (C=O) groups excluding carboxylic acids is 3. The first kappa shape index (κ1) is 29.7. The van der Waals surface area contributed by atoms with Gasteiger partial charge in [0.1, 0.15) is 19.2 Å². The van der Waals surface area contributed by atoms with E-state index >= 15 is 0 Å². The van der Waals surface area contributed by atoms with Crippen LogP contribution in [0.25, 0.3) is 0 Å². The van der Waals surface area contributed by atoms with Crippen LogP contribution in [0.3, 0.4) is 0 Å². The second kappa shape index (κ2) is 14.9. The highest BCUT2D eigenvalue weighted by Gasteiger charge is 2.19. The molecule has 0 fully saturated rings. The topological polar surface area (TPSA) is 211 Å². The van der Waals surface area contributed by atoms with Crippen molar-refractivity contribution in [2.75, 3.05) is 33.2 Å². The molecule has 0 amide bonds. The Labute approximate surface area is 225 Å². The average Bonchev–Trinajstić information content (AvgIpc) is 3.70. The summed E-state index contributed by atoms with van der Waals surface area (Å²) in [4.78, 5) is 57.4. The molecule has 3 rings (SSSR count). The van der Waals surface area contributed by atoms with Crippen LogP contribution in [-0.4, -0.2) is 73.3 Å². The highest BCUT2D eigenvalue weighted by atomic mass is 16.7. The summed E-state index contributed by atoms with van der Waals surface area (Å²) in [5.41, 5.74) is 0. The first-order valence-corrected chi connectivity index (χ1v) is 11.7. The second-order valence-corrected chi connectivity index (χ2v) is 7.69. The largest absolute Gasteiger partial charge is 0.475 e. The minimum Gasteiger partial charge on any atom is -0.475 e. The van der Waals surface area contributed by atoms with E-state index in [2.05, 4.69) is 0 Å². The first-order chi connectivity index (χ1) is 19.2. The van der Waals surface area contributed by atoms with Crippen molar-refractivity contribution in [3.63, 3.8) is 0 Å². The Hall–Kier alpha value is -4.89. The van der Waals surface area contributed by atoms with E-state index in [1.54, 1.807) is 0 Å². The standard InChI is InChI=1S/C25H24O15/c26-21(27)16-4-3-15(38-16)13-34-14-33-9-1-10-35-24(31)19-7-8-20(40-19)25(32)37-12-2-11-36-23(30)18-6-5-17(39-18)22(28)29/h3-8H,1-2,9-14H2,(H,26,27)(H,28,29). The van der Waals surface area contributed by atoms with E-state index < -0.39 is 35.6 Å². The Morgan fingerprint density at radius 1 is 0.550 bits per heavy atom. The number of carboxylic acid groups (broad SMARTS) is 2. The molecule has 214 valence electrons. The number of aromatic carboxylic acids is 2. The summed E-state index contributed by atoms with van der Waals surface area (Å²) in [6.45, 7) is -0.0872. The molecular formula is C25H24O15. The van der Waals surface area contributed by atoms with Crippen molar-refractivity contribution in [2.24, 2.45) is 0 Å². The molecule has 0 aromatic carbocycles. The van der Waals surface area contributed by atoms with E-state index in [-0.39, 0.29) is 69.3 Å². The SMILES string of the molecule is O=C(O)c1ccc(COCOCCCOC(=O)c2ccc(C(=O)OCCCOC(=O)c3ccc(C(=O)O)o3)o2)o1. The quantitative estimate of drug-likeness (QED) is 0.104. The Kier molecular flexibility index (Phi) is 11.0. The van der Waals surface area contributed by atoms with E-state index in [0.29, 0.717) is 12.2 Å². The van der Waals surface area contributed by atoms with Crippen LogP contribution >= 0.6 is 0 Å². The molecule has 0 unspecified atom stereocenters. The average molecular weight is 564 g/mol. The fourth-order valence-corrected chi connectivity index (χ4v) is 2.88. The lowest BCUT2D eigenvalue weighted by Crippen LogP contribution is -2.11. The minimum atomic E-state index is -1.32. The Morgan fingerprint density at radius 2 is 0.975 bits per heavy atom. The van der Waals surface area contributed by atoms with Gasteiger partial charge in [-0.15, -0.1) is 0 Å². The highest BCUT2D eigenvalue weighted by molar-refractivity contribution is 5.91. The van der Waals surface area contributed by atoms with E-state index in [1.807, 2.05) is 0 Å². The summed E-state index contributed by atoms with van der Waals surface area (Å²) in [5.74, 6) is -5.96. The van der Waals surface area contributed by atoms with Crippen molar-refractivity contribution in [2.45, 2.75) is 19.4 Å². The zero-order valence-electron chi connectivity index (χ0n) is 20.8. The van der Waals surface area contributed by atoms with E-state index in [1.165, 1.54) is 30.3 Å². The number of carboxylic acids is 2. The Balaban J connectivity index is 1.23. The van der Waals surface area contributed by atoms with Crippen LogP contribution in [-0.2, 0) is 30.3 Å². The zero-order chi connectivity index (χ0) is 28.9. The third kappa shape index (κ3) is 9.14. The third-order valence-electron chi connectivity index (χ3n) is 4.73. The van der Waals surface area contributed by atoms with Crippen molar-refractivity contribution in [3.8, 4) is 0 Å². The smallest absolute Gasteiger partial charge is 0.374 e. The molecule has 40 heavy (non-hydrogen) atoms. The lowest BCUT2D eigenvalue weighted by Gasteiger charge is -2.05. The van der Waals surface area contributed by atoms with Crippen LogP contribution in [0.2, 0.25) is 0 Å². The fourth-order valence-electron chi connectivity index (χ4n) is 2.88. The molecule has 3 heterocycles. The van der Waals surface area contributed by atoms with E-state index in [4.69, 9.17) is 47.1 Å². The van der Waals surface area contributed by atoms with Crippen molar-refractivity contribution in [1.29, 1.82) is 0 Å². The maximum absolute atomic E-state index is 12.1. The van der Waals surface area contributed by atoms with Crippen molar-refractivity contribution in [1.82, 2.24) is 0 Å². The number of rotatable bonds is 17. The summed E-state index contributed by atoms with van der Waals surface area (Å²) in [5, 5.41) is 17.6. The molecule has 15 nitrogen and oxygen atoms in total. The maximum Gasteiger partial charge on any atom is 0.374 e. The molecule has 0 saturated heterocycles. The number of ether oxygens (including phenoxy) is 5. The molecule has 0 spiro atoms. The van der Waals surface area contributed by atoms with Gasteiger partial charge in [0.25, 0.3) is 0 Å². The summed E-state index contributed by atoms with van der Waals surface area (Å²) < 4.78 is 40.4. The molecule has 0 radical (unpaired) electrons. The molecular weight excluding hydrogens is 540 g/mol.